The highest BCUT2D eigenvalue weighted by atomic mass is 15.3. The first kappa shape index (κ1) is 9.27. The Morgan fingerprint density at radius 2 is 1.75 bits per heavy atom. The lowest BCUT2D eigenvalue weighted by Crippen LogP contribution is -2.38. The number of quaternary nitrogens is 1. The van der Waals surface area contributed by atoms with E-state index in [0.717, 1.165) is 17.6 Å². The van der Waals surface area contributed by atoms with E-state index in [4.69, 9.17) is 0 Å². The van der Waals surface area contributed by atoms with Crippen molar-refractivity contribution in [3.63, 3.8) is 0 Å². The minimum absolute atomic E-state index is 0.925. The van der Waals surface area contributed by atoms with Crippen molar-refractivity contribution in [2.75, 3.05) is 20.6 Å². The molecule has 1 rings (SSSR count). The Kier molecular flexibility index (Phi) is 2.88. The third-order valence-corrected chi connectivity index (χ3v) is 2.06. The summed E-state index contributed by atoms with van der Waals surface area (Å²) in [5, 5.41) is 0. The lowest BCUT2D eigenvalue weighted by atomic mass is 10.2. The van der Waals surface area contributed by atoms with E-state index in [9.17, 15) is 0 Å². The summed E-state index contributed by atoms with van der Waals surface area (Å²) in [7, 11) is 4.39. The molecule has 1 aromatic rings. The van der Waals surface area contributed by atoms with Crippen molar-refractivity contribution in [2.24, 2.45) is 0 Å². The van der Waals surface area contributed by atoms with Crippen LogP contribution in [0.25, 0.3) is 0 Å². The lowest BCUT2D eigenvalue weighted by molar-refractivity contribution is -0.898. The number of nitrogens with zero attached hydrogens (tertiary/aromatic N) is 1. The highest BCUT2D eigenvalue weighted by Crippen LogP contribution is 2.07. The van der Waals surface area contributed by atoms with Gasteiger partial charge in [0.1, 0.15) is 6.54 Å². The zero-order valence-electron chi connectivity index (χ0n) is 7.96. The van der Waals surface area contributed by atoms with Gasteiger partial charge in [-0.2, -0.15) is 0 Å². The summed E-state index contributed by atoms with van der Waals surface area (Å²) in [6.45, 7) is 5.91. The normalized spacial score (nSPS) is 11.6. The van der Waals surface area contributed by atoms with E-state index in [0.29, 0.717) is 0 Å². The molecule has 1 radical (unpaired) electrons. The monoisotopic (exact) mass is 163 g/mol. The van der Waals surface area contributed by atoms with Gasteiger partial charge in [0.25, 0.3) is 0 Å². The Morgan fingerprint density at radius 3 is 2.25 bits per heavy atom. The second-order valence-corrected chi connectivity index (χ2v) is 3.80. The quantitative estimate of drug-likeness (QED) is 0.599. The first-order chi connectivity index (χ1) is 5.64. The molecule has 1 aromatic carbocycles. The van der Waals surface area contributed by atoms with E-state index in [1.54, 1.807) is 0 Å². The summed E-state index contributed by atoms with van der Waals surface area (Å²) in [6.07, 6.45) is 0. The number of benzene rings is 1. The molecule has 0 aromatic heterocycles. The zero-order chi connectivity index (χ0) is 9.03. The largest absolute Gasteiger partial charge is 0.325 e. The van der Waals surface area contributed by atoms with Crippen LogP contribution < -0.4 is 0 Å². The maximum absolute atomic E-state index is 3.93. The van der Waals surface area contributed by atoms with Crippen LogP contribution in [0.5, 0.6) is 0 Å². The summed E-state index contributed by atoms with van der Waals surface area (Å²) in [6, 6.07) is 10.5. The summed E-state index contributed by atoms with van der Waals surface area (Å²) in [5.41, 5.74) is 1.38. The first-order valence-corrected chi connectivity index (χ1v) is 4.29. The first-order valence-electron chi connectivity index (χ1n) is 4.29. The van der Waals surface area contributed by atoms with E-state index in [2.05, 4.69) is 45.3 Å². The van der Waals surface area contributed by atoms with Crippen molar-refractivity contribution in [1.82, 2.24) is 0 Å². The maximum atomic E-state index is 3.93. The van der Waals surface area contributed by atoms with E-state index >= 15 is 0 Å². The molecule has 0 N–H and O–H groups in total. The molecule has 0 bridgehead atoms. The third kappa shape index (κ3) is 2.67. The van der Waals surface area contributed by atoms with Gasteiger partial charge in [0.2, 0.25) is 0 Å². The van der Waals surface area contributed by atoms with E-state index in [-0.39, 0.29) is 0 Å². The molecule has 0 aliphatic carbocycles. The highest BCUT2D eigenvalue weighted by Gasteiger charge is 2.11. The zero-order valence-corrected chi connectivity index (χ0v) is 7.96. The topological polar surface area (TPSA) is 0 Å². The number of hydrogen-bond acceptors (Lipinski definition) is 0. The third-order valence-electron chi connectivity index (χ3n) is 2.06. The smallest absolute Gasteiger partial charge is 0.104 e. The molecule has 1 heteroatoms. The fourth-order valence-electron chi connectivity index (χ4n) is 1.16. The van der Waals surface area contributed by atoms with Gasteiger partial charge in [-0.05, 0) is 0 Å². The molecule has 0 spiro atoms. The van der Waals surface area contributed by atoms with Crippen molar-refractivity contribution in [1.29, 1.82) is 0 Å². The summed E-state index contributed by atoms with van der Waals surface area (Å²) < 4.78 is 0.948. The fraction of sp³-hybridized carbons (Fsp3) is 0.364. The van der Waals surface area contributed by atoms with E-state index in [1.807, 2.05) is 6.07 Å². The van der Waals surface area contributed by atoms with Gasteiger partial charge in [-0.15, -0.1) is 0 Å². The van der Waals surface area contributed by atoms with Crippen LogP contribution in [0.15, 0.2) is 30.3 Å². The second kappa shape index (κ2) is 3.72. The summed E-state index contributed by atoms with van der Waals surface area (Å²) >= 11 is 0. The number of hydrogen-bond donors (Lipinski definition) is 0. The number of rotatable bonds is 3. The van der Waals surface area contributed by atoms with Gasteiger partial charge in [-0.25, -0.2) is 0 Å². The van der Waals surface area contributed by atoms with Gasteiger partial charge in [0.15, 0.2) is 0 Å². The lowest BCUT2D eigenvalue weighted by Gasteiger charge is -2.28. The van der Waals surface area contributed by atoms with Crippen molar-refractivity contribution < 1.29 is 4.48 Å². The van der Waals surface area contributed by atoms with E-state index < -0.39 is 0 Å². The molecule has 0 saturated carbocycles. The highest BCUT2D eigenvalue weighted by molar-refractivity contribution is 5.13. The van der Waals surface area contributed by atoms with Crippen LogP contribution >= 0.6 is 0 Å². The van der Waals surface area contributed by atoms with Crippen molar-refractivity contribution in [2.45, 2.75) is 6.54 Å². The van der Waals surface area contributed by atoms with Gasteiger partial charge >= 0.3 is 0 Å². The SMILES string of the molecule is [CH2]C[N+](C)(C)Cc1ccccc1. The van der Waals surface area contributed by atoms with Crippen molar-refractivity contribution >= 4 is 0 Å². The molecule has 65 valence electrons. The van der Waals surface area contributed by atoms with Crippen LogP contribution in [0.2, 0.25) is 0 Å². The van der Waals surface area contributed by atoms with Gasteiger partial charge < -0.3 is 4.48 Å². The molecule has 0 aliphatic rings. The Morgan fingerprint density at radius 1 is 1.17 bits per heavy atom. The average Bonchev–Trinajstić information content (AvgIpc) is 2.06. The molecule has 12 heavy (non-hydrogen) atoms. The van der Waals surface area contributed by atoms with Crippen LogP contribution in [0.3, 0.4) is 0 Å². The van der Waals surface area contributed by atoms with Crippen molar-refractivity contribution in [3.05, 3.63) is 42.8 Å². The molecule has 0 atom stereocenters. The minimum Gasteiger partial charge on any atom is -0.325 e. The molecular weight excluding hydrogens is 146 g/mol. The summed E-state index contributed by atoms with van der Waals surface area (Å²) in [5.74, 6) is 0. The molecule has 0 aliphatic heterocycles. The molecule has 0 heterocycles. The van der Waals surface area contributed by atoms with Gasteiger partial charge in [-0.1, -0.05) is 30.3 Å². The van der Waals surface area contributed by atoms with Crippen LogP contribution in [-0.2, 0) is 6.54 Å². The molecule has 0 saturated heterocycles. The fourth-order valence-corrected chi connectivity index (χ4v) is 1.16. The summed E-state index contributed by atoms with van der Waals surface area (Å²) in [4.78, 5) is 0. The van der Waals surface area contributed by atoms with E-state index in [1.165, 1.54) is 5.56 Å². The van der Waals surface area contributed by atoms with Crippen LogP contribution in [0.4, 0.5) is 0 Å². The minimum atomic E-state index is 0.925. The standard InChI is InChI=1S/C11H17N/c1-4-12(2,3)10-11-8-6-5-7-9-11/h5-9H,1,4,10H2,2-3H3/q+1. The molecular formula is C11H17N+. The van der Waals surface area contributed by atoms with Gasteiger partial charge in [-0.3, -0.25) is 0 Å². The Bertz CT molecular complexity index is 226. The Hall–Kier alpha value is -0.820. The van der Waals surface area contributed by atoms with Gasteiger partial charge in [0, 0.05) is 12.5 Å². The average molecular weight is 163 g/mol. The molecule has 0 fully saturated rings. The Balaban J connectivity index is 2.64. The van der Waals surface area contributed by atoms with Crippen LogP contribution in [0.1, 0.15) is 5.56 Å². The van der Waals surface area contributed by atoms with Crippen LogP contribution in [-0.4, -0.2) is 25.1 Å². The second-order valence-electron chi connectivity index (χ2n) is 3.80. The molecule has 0 unspecified atom stereocenters. The van der Waals surface area contributed by atoms with Gasteiger partial charge in [0.05, 0.1) is 20.6 Å². The Labute approximate surface area is 75.2 Å². The predicted molar refractivity (Wildman–Crippen MR) is 52.5 cm³/mol. The molecule has 1 nitrogen and oxygen atoms in total. The predicted octanol–water partition coefficient (Wildman–Crippen LogP) is 2.10. The molecule has 0 amide bonds. The van der Waals surface area contributed by atoms with Crippen molar-refractivity contribution in [3.8, 4) is 0 Å². The maximum Gasteiger partial charge on any atom is 0.104 e. The van der Waals surface area contributed by atoms with Crippen LogP contribution in [0, 0.1) is 6.92 Å².